The zero-order valence-corrected chi connectivity index (χ0v) is 13.4. The topological polar surface area (TPSA) is 80.8 Å². The highest BCUT2D eigenvalue weighted by Crippen LogP contribution is 2.20. The van der Waals surface area contributed by atoms with Gasteiger partial charge in [0.1, 0.15) is 0 Å². The van der Waals surface area contributed by atoms with Crippen LogP contribution in [0.3, 0.4) is 0 Å². The van der Waals surface area contributed by atoms with Crippen LogP contribution in [-0.2, 0) is 19.6 Å². The van der Waals surface area contributed by atoms with E-state index >= 15 is 0 Å². The van der Waals surface area contributed by atoms with E-state index in [1.54, 1.807) is 0 Å². The molecule has 22 heavy (non-hydrogen) atoms. The molecule has 1 fully saturated rings. The number of ether oxygens (including phenoxy) is 1. The third-order valence-corrected chi connectivity index (χ3v) is 5.41. The number of carbonyl (C=O) groups excluding carboxylic acids is 2. The first kappa shape index (κ1) is 16.6. The Morgan fingerprint density at radius 2 is 2.00 bits per heavy atom. The van der Waals surface area contributed by atoms with Crippen LogP contribution in [0.1, 0.15) is 36.0 Å². The fraction of sp³-hybridized carbons (Fsp3) is 0.467. The van der Waals surface area contributed by atoms with E-state index in [4.69, 9.17) is 4.74 Å². The van der Waals surface area contributed by atoms with Gasteiger partial charge >= 0.3 is 5.97 Å². The fourth-order valence-corrected chi connectivity index (χ4v) is 3.22. The number of hydrogen-bond acceptors (Lipinski definition) is 5. The van der Waals surface area contributed by atoms with Crippen LogP contribution in [-0.4, -0.2) is 44.7 Å². The fourth-order valence-electron chi connectivity index (χ4n) is 2.27. The molecule has 1 aliphatic carbocycles. The van der Waals surface area contributed by atoms with Crippen molar-refractivity contribution in [2.24, 2.45) is 0 Å². The Kier molecular flexibility index (Phi) is 4.97. The van der Waals surface area contributed by atoms with Crippen LogP contribution >= 0.6 is 0 Å². The third kappa shape index (κ3) is 3.53. The molecule has 1 aliphatic rings. The first-order valence-corrected chi connectivity index (χ1v) is 8.52. The van der Waals surface area contributed by atoms with Crippen LogP contribution in [0.25, 0.3) is 0 Å². The SMILES string of the molecule is CN(C)S(=O)(=O)c1cccc(C(=O)O[C@@H]2CCCCC2=O)c1. The van der Waals surface area contributed by atoms with Gasteiger partial charge in [-0.05, 0) is 37.5 Å². The molecule has 2 rings (SSSR count). The maximum absolute atomic E-state index is 12.1. The van der Waals surface area contributed by atoms with Crippen molar-refractivity contribution in [3.8, 4) is 0 Å². The van der Waals surface area contributed by atoms with Crippen molar-refractivity contribution < 1.29 is 22.7 Å². The second kappa shape index (κ2) is 6.58. The monoisotopic (exact) mass is 325 g/mol. The molecule has 1 aromatic rings. The summed E-state index contributed by atoms with van der Waals surface area (Å²) in [6.45, 7) is 0. The Balaban J connectivity index is 2.19. The summed E-state index contributed by atoms with van der Waals surface area (Å²) in [5.41, 5.74) is 0.126. The summed E-state index contributed by atoms with van der Waals surface area (Å²) in [6.07, 6.45) is 1.91. The Hall–Kier alpha value is -1.73. The van der Waals surface area contributed by atoms with Crippen molar-refractivity contribution in [1.82, 2.24) is 4.31 Å². The quantitative estimate of drug-likeness (QED) is 0.786. The second-order valence-corrected chi connectivity index (χ2v) is 7.57. The number of rotatable bonds is 4. The van der Waals surface area contributed by atoms with Crippen LogP contribution in [0.2, 0.25) is 0 Å². The van der Waals surface area contributed by atoms with E-state index in [-0.39, 0.29) is 16.2 Å². The molecule has 1 atom stereocenters. The highest BCUT2D eigenvalue weighted by molar-refractivity contribution is 7.89. The largest absolute Gasteiger partial charge is 0.451 e. The van der Waals surface area contributed by atoms with Gasteiger partial charge in [-0.15, -0.1) is 0 Å². The van der Waals surface area contributed by atoms with Gasteiger partial charge in [0.2, 0.25) is 10.0 Å². The summed E-state index contributed by atoms with van der Waals surface area (Å²) in [5, 5.41) is 0. The molecule has 0 aliphatic heterocycles. The highest BCUT2D eigenvalue weighted by atomic mass is 32.2. The minimum atomic E-state index is -3.62. The molecule has 0 bridgehead atoms. The van der Waals surface area contributed by atoms with Gasteiger partial charge in [0.05, 0.1) is 10.5 Å². The molecule has 0 aromatic heterocycles. The Morgan fingerprint density at radius 3 is 2.64 bits per heavy atom. The molecule has 0 radical (unpaired) electrons. The smallest absolute Gasteiger partial charge is 0.338 e. The van der Waals surface area contributed by atoms with Crippen LogP contribution < -0.4 is 0 Å². The van der Waals surface area contributed by atoms with E-state index < -0.39 is 22.1 Å². The molecule has 6 nitrogen and oxygen atoms in total. The second-order valence-electron chi connectivity index (χ2n) is 5.42. The molecule has 0 heterocycles. The normalized spacial score (nSPS) is 19.2. The predicted molar refractivity (Wildman–Crippen MR) is 80.0 cm³/mol. The van der Waals surface area contributed by atoms with Gasteiger partial charge < -0.3 is 4.74 Å². The van der Waals surface area contributed by atoms with Crippen molar-refractivity contribution in [2.45, 2.75) is 36.7 Å². The number of hydrogen-bond donors (Lipinski definition) is 0. The van der Waals surface area contributed by atoms with Crippen LogP contribution in [0, 0.1) is 0 Å². The summed E-state index contributed by atoms with van der Waals surface area (Å²) < 4.78 is 30.4. The average molecular weight is 325 g/mol. The van der Waals surface area contributed by atoms with Gasteiger partial charge in [-0.25, -0.2) is 17.5 Å². The zero-order valence-electron chi connectivity index (χ0n) is 12.6. The number of ketones is 1. The van der Waals surface area contributed by atoms with Crippen molar-refractivity contribution in [3.63, 3.8) is 0 Å². The molecule has 0 saturated heterocycles. The molecule has 0 N–H and O–H groups in total. The molecule has 1 aromatic carbocycles. The number of sulfonamides is 1. The lowest BCUT2D eigenvalue weighted by Gasteiger charge is -2.20. The van der Waals surface area contributed by atoms with Gasteiger partial charge in [-0.2, -0.15) is 0 Å². The average Bonchev–Trinajstić information content (AvgIpc) is 2.49. The van der Waals surface area contributed by atoms with Crippen LogP contribution in [0.4, 0.5) is 0 Å². The first-order chi connectivity index (χ1) is 10.3. The van der Waals surface area contributed by atoms with Crippen LogP contribution in [0.15, 0.2) is 29.2 Å². The van der Waals surface area contributed by atoms with Gasteiger partial charge in [0, 0.05) is 20.5 Å². The standard InChI is InChI=1S/C15H19NO5S/c1-16(2)22(19,20)12-7-5-6-11(10-12)15(18)21-14-9-4-3-8-13(14)17/h5-7,10,14H,3-4,8-9H2,1-2H3/t14-/m1/s1. The van der Waals surface area contributed by atoms with E-state index in [1.807, 2.05) is 0 Å². The summed E-state index contributed by atoms with van der Waals surface area (Å²) in [7, 11) is -0.783. The summed E-state index contributed by atoms with van der Waals surface area (Å²) in [6, 6.07) is 5.64. The number of esters is 1. The van der Waals surface area contributed by atoms with Crippen molar-refractivity contribution in [1.29, 1.82) is 0 Å². The van der Waals surface area contributed by atoms with Gasteiger partial charge in [0.15, 0.2) is 11.9 Å². The van der Waals surface area contributed by atoms with E-state index in [2.05, 4.69) is 0 Å². The lowest BCUT2D eigenvalue weighted by Crippen LogP contribution is -2.30. The molecule has 0 unspecified atom stereocenters. The van der Waals surface area contributed by atoms with E-state index in [0.29, 0.717) is 12.8 Å². The van der Waals surface area contributed by atoms with E-state index in [0.717, 1.165) is 17.1 Å². The third-order valence-electron chi connectivity index (χ3n) is 3.60. The maximum Gasteiger partial charge on any atom is 0.338 e. The van der Waals surface area contributed by atoms with Crippen molar-refractivity contribution >= 4 is 21.8 Å². The maximum atomic E-state index is 12.1. The highest BCUT2D eigenvalue weighted by Gasteiger charge is 2.27. The number of carbonyl (C=O) groups is 2. The van der Waals surface area contributed by atoms with E-state index in [9.17, 15) is 18.0 Å². The molecule has 0 amide bonds. The molecule has 1 saturated carbocycles. The Morgan fingerprint density at radius 1 is 1.27 bits per heavy atom. The summed E-state index contributed by atoms with van der Waals surface area (Å²) in [5.74, 6) is -0.743. The van der Waals surface area contributed by atoms with Gasteiger partial charge in [-0.3, -0.25) is 4.79 Å². The molecular formula is C15H19NO5S. The van der Waals surface area contributed by atoms with Crippen LogP contribution in [0.5, 0.6) is 0 Å². The summed E-state index contributed by atoms with van der Waals surface area (Å²) >= 11 is 0. The zero-order chi connectivity index (χ0) is 16.3. The molecule has 0 spiro atoms. The minimum Gasteiger partial charge on any atom is -0.451 e. The molecule has 120 valence electrons. The summed E-state index contributed by atoms with van der Waals surface area (Å²) in [4.78, 5) is 23.8. The number of benzene rings is 1. The van der Waals surface area contributed by atoms with Gasteiger partial charge in [0.25, 0.3) is 0 Å². The molecule has 7 heteroatoms. The van der Waals surface area contributed by atoms with Crippen molar-refractivity contribution in [3.05, 3.63) is 29.8 Å². The van der Waals surface area contributed by atoms with Crippen molar-refractivity contribution in [2.75, 3.05) is 14.1 Å². The predicted octanol–water partition coefficient (Wildman–Crippen LogP) is 1.61. The Labute approximate surface area is 130 Å². The number of nitrogens with zero attached hydrogens (tertiary/aromatic N) is 1. The van der Waals surface area contributed by atoms with E-state index in [1.165, 1.54) is 38.4 Å². The first-order valence-electron chi connectivity index (χ1n) is 7.08. The lowest BCUT2D eigenvalue weighted by atomic mass is 9.96. The lowest BCUT2D eigenvalue weighted by molar-refractivity contribution is -0.129. The number of Topliss-reactive ketones (excluding diaryl/α,β-unsaturated/α-hetero) is 1. The minimum absolute atomic E-state index is 0.0157. The van der Waals surface area contributed by atoms with Gasteiger partial charge in [-0.1, -0.05) is 6.07 Å². The Bertz CT molecular complexity index is 681. The molecular weight excluding hydrogens is 306 g/mol.